The van der Waals surface area contributed by atoms with E-state index in [1.165, 1.54) is 12.1 Å². The van der Waals surface area contributed by atoms with Crippen LogP contribution in [0.15, 0.2) is 72.8 Å². The summed E-state index contributed by atoms with van der Waals surface area (Å²) in [4.78, 5) is 0. The summed E-state index contributed by atoms with van der Waals surface area (Å²) < 4.78 is 18.9. The first-order chi connectivity index (χ1) is 12.7. The van der Waals surface area contributed by atoms with Crippen molar-refractivity contribution in [1.29, 1.82) is 0 Å². The Morgan fingerprint density at radius 3 is 2.26 bits per heavy atom. The van der Waals surface area contributed by atoms with Gasteiger partial charge in [0.15, 0.2) is 0 Å². The van der Waals surface area contributed by atoms with Gasteiger partial charge in [-0.2, -0.15) is 0 Å². The van der Waals surface area contributed by atoms with Crippen molar-refractivity contribution in [2.75, 3.05) is 6.54 Å². The molecule has 0 fully saturated rings. The van der Waals surface area contributed by atoms with Crippen LogP contribution in [0.5, 0.6) is 5.75 Å². The third-order valence-electron chi connectivity index (χ3n) is 4.10. The second kappa shape index (κ2) is 10.9. The van der Waals surface area contributed by atoms with Gasteiger partial charge in [0.05, 0.1) is 0 Å². The molecule has 0 spiro atoms. The van der Waals surface area contributed by atoms with E-state index in [4.69, 9.17) is 16.3 Å². The largest absolute Gasteiger partial charge is 0.489 e. The van der Waals surface area contributed by atoms with Crippen LogP contribution in [0.25, 0.3) is 0 Å². The summed E-state index contributed by atoms with van der Waals surface area (Å²) in [5.41, 5.74) is 3.31. The van der Waals surface area contributed by atoms with Gasteiger partial charge in [-0.05, 0) is 54.4 Å². The molecule has 142 valence electrons. The van der Waals surface area contributed by atoms with E-state index in [1.807, 2.05) is 54.6 Å². The summed E-state index contributed by atoms with van der Waals surface area (Å²) in [6, 6.07) is 22.3. The van der Waals surface area contributed by atoms with Gasteiger partial charge in [-0.25, -0.2) is 4.39 Å². The zero-order valence-corrected chi connectivity index (χ0v) is 16.4. The number of hydrogen-bond donors (Lipinski definition) is 1. The molecule has 3 aromatic carbocycles. The van der Waals surface area contributed by atoms with Crippen LogP contribution in [0.3, 0.4) is 0 Å². The molecule has 0 amide bonds. The molecule has 2 nitrogen and oxygen atoms in total. The Hall–Kier alpha value is -2.07. The Balaban J connectivity index is 0.00000261. The molecule has 0 radical (unpaired) electrons. The minimum absolute atomic E-state index is 0. The lowest BCUT2D eigenvalue weighted by Crippen LogP contribution is -2.17. The molecule has 0 unspecified atom stereocenters. The molecule has 0 atom stereocenters. The van der Waals surface area contributed by atoms with Gasteiger partial charge >= 0.3 is 0 Å². The molecule has 27 heavy (non-hydrogen) atoms. The van der Waals surface area contributed by atoms with Gasteiger partial charge in [0.2, 0.25) is 0 Å². The molecule has 5 heteroatoms. The molecular formula is C22H22Cl2FNO. The predicted molar refractivity (Wildman–Crippen MR) is 111 cm³/mol. The van der Waals surface area contributed by atoms with Crippen molar-refractivity contribution < 1.29 is 9.13 Å². The molecule has 0 bridgehead atoms. The molecular weight excluding hydrogens is 384 g/mol. The van der Waals surface area contributed by atoms with Crippen molar-refractivity contribution in [2.24, 2.45) is 0 Å². The van der Waals surface area contributed by atoms with E-state index in [0.717, 1.165) is 47.0 Å². The molecule has 0 aliphatic carbocycles. The molecule has 0 saturated heterocycles. The van der Waals surface area contributed by atoms with E-state index in [2.05, 4.69) is 11.4 Å². The summed E-state index contributed by atoms with van der Waals surface area (Å²) in [5.74, 6) is 0.671. The lowest BCUT2D eigenvalue weighted by molar-refractivity contribution is 0.302. The second-order valence-electron chi connectivity index (χ2n) is 6.08. The third-order valence-corrected chi connectivity index (χ3v) is 4.35. The highest BCUT2D eigenvalue weighted by Crippen LogP contribution is 2.20. The second-order valence-corrected chi connectivity index (χ2v) is 6.51. The van der Waals surface area contributed by atoms with Gasteiger partial charge in [-0.1, -0.05) is 54.1 Å². The zero-order chi connectivity index (χ0) is 18.2. The number of ether oxygens (including phenoxy) is 1. The van der Waals surface area contributed by atoms with Crippen LogP contribution in [-0.4, -0.2) is 6.54 Å². The fraction of sp³-hybridized carbons (Fsp3) is 0.182. The first kappa shape index (κ1) is 21.2. The van der Waals surface area contributed by atoms with Gasteiger partial charge in [0.25, 0.3) is 0 Å². The number of nitrogens with one attached hydrogen (secondary N) is 1. The Morgan fingerprint density at radius 2 is 1.52 bits per heavy atom. The van der Waals surface area contributed by atoms with Crippen LogP contribution in [0.1, 0.15) is 16.7 Å². The highest BCUT2D eigenvalue weighted by atomic mass is 35.5. The maximum atomic E-state index is 12.9. The van der Waals surface area contributed by atoms with Crippen molar-refractivity contribution in [3.63, 3.8) is 0 Å². The van der Waals surface area contributed by atoms with Crippen LogP contribution in [0, 0.1) is 5.82 Å². The number of rotatable bonds is 8. The average Bonchev–Trinajstić information content (AvgIpc) is 2.67. The Labute approximate surface area is 170 Å². The molecule has 0 aromatic heterocycles. The van der Waals surface area contributed by atoms with E-state index in [0.29, 0.717) is 6.61 Å². The summed E-state index contributed by atoms with van der Waals surface area (Å²) in [7, 11) is 0. The number of hydrogen-bond acceptors (Lipinski definition) is 2. The van der Waals surface area contributed by atoms with Crippen molar-refractivity contribution in [2.45, 2.75) is 19.6 Å². The maximum Gasteiger partial charge on any atom is 0.124 e. The summed E-state index contributed by atoms with van der Waals surface area (Å²) in [6.45, 7) is 2.04. The Kier molecular flexibility index (Phi) is 8.59. The van der Waals surface area contributed by atoms with Gasteiger partial charge in [0, 0.05) is 17.1 Å². The molecule has 0 aliphatic heterocycles. The highest BCUT2D eigenvalue weighted by Gasteiger charge is 2.04. The normalized spacial score (nSPS) is 10.3. The van der Waals surface area contributed by atoms with Gasteiger partial charge < -0.3 is 10.1 Å². The van der Waals surface area contributed by atoms with E-state index >= 15 is 0 Å². The van der Waals surface area contributed by atoms with Crippen molar-refractivity contribution in [3.05, 3.63) is 100 Å². The van der Waals surface area contributed by atoms with Gasteiger partial charge in [-0.15, -0.1) is 12.4 Å². The summed E-state index contributed by atoms with van der Waals surface area (Å²) in [5, 5.41) is 4.14. The quantitative estimate of drug-likeness (QED) is 0.477. The van der Waals surface area contributed by atoms with Crippen molar-refractivity contribution in [3.8, 4) is 5.75 Å². The minimum atomic E-state index is -0.200. The van der Waals surface area contributed by atoms with Crippen molar-refractivity contribution >= 4 is 24.0 Å². The molecule has 3 rings (SSSR count). The third kappa shape index (κ3) is 6.87. The zero-order valence-electron chi connectivity index (χ0n) is 14.8. The number of para-hydroxylation sites is 1. The van der Waals surface area contributed by atoms with Crippen molar-refractivity contribution in [1.82, 2.24) is 5.32 Å². The van der Waals surface area contributed by atoms with E-state index < -0.39 is 0 Å². The minimum Gasteiger partial charge on any atom is -0.489 e. The van der Waals surface area contributed by atoms with Crippen LogP contribution in [-0.2, 0) is 19.6 Å². The predicted octanol–water partition coefficient (Wildman–Crippen LogP) is 5.81. The molecule has 0 aliphatic rings. The standard InChI is InChI=1S/C22H21ClFNO.ClH/c23-20-9-5-18(6-10-20)16-26-22-4-2-1-3-19(22)15-25-14-13-17-7-11-21(24)12-8-17;/h1-12,25H,13-16H2;1H. The monoisotopic (exact) mass is 405 g/mol. The van der Waals surface area contributed by atoms with Gasteiger partial charge in [-0.3, -0.25) is 0 Å². The number of halogens is 3. The lowest BCUT2D eigenvalue weighted by atomic mass is 10.1. The number of benzene rings is 3. The molecule has 3 aromatic rings. The van der Waals surface area contributed by atoms with Crippen LogP contribution in [0.4, 0.5) is 4.39 Å². The summed E-state index contributed by atoms with van der Waals surface area (Å²) in [6.07, 6.45) is 0.855. The Morgan fingerprint density at radius 1 is 0.852 bits per heavy atom. The maximum absolute atomic E-state index is 12.9. The summed E-state index contributed by atoms with van der Waals surface area (Å²) >= 11 is 5.91. The smallest absolute Gasteiger partial charge is 0.124 e. The highest BCUT2D eigenvalue weighted by molar-refractivity contribution is 6.30. The average molecular weight is 406 g/mol. The van der Waals surface area contributed by atoms with E-state index in [-0.39, 0.29) is 18.2 Å². The SMILES string of the molecule is Cl.Fc1ccc(CCNCc2ccccc2OCc2ccc(Cl)cc2)cc1. The van der Waals surface area contributed by atoms with E-state index in [9.17, 15) is 4.39 Å². The molecule has 1 N–H and O–H groups in total. The lowest BCUT2D eigenvalue weighted by Gasteiger charge is -2.12. The molecule has 0 saturated carbocycles. The molecule has 0 heterocycles. The first-order valence-electron chi connectivity index (χ1n) is 8.61. The van der Waals surface area contributed by atoms with Crippen LogP contribution < -0.4 is 10.1 Å². The van der Waals surface area contributed by atoms with Crippen LogP contribution >= 0.6 is 24.0 Å². The first-order valence-corrected chi connectivity index (χ1v) is 8.99. The van der Waals surface area contributed by atoms with Crippen LogP contribution in [0.2, 0.25) is 5.02 Å². The fourth-order valence-electron chi connectivity index (χ4n) is 2.64. The topological polar surface area (TPSA) is 21.3 Å². The van der Waals surface area contributed by atoms with Gasteiger partial charge in [0.1, 0.15) is 18.2 Å². The fourth-order valence-corrected chi connectivity index (χ4v) is 2.77. The van der Waals surface area contributed by atoms with E-state index in [1.54, 1.807) is 0 Å². The Bertz CT molecular complexity index is 822.